The van der Waals surface area contributed by atoms with Crippen LogP contribution in [0.5, 0.6) is 0 Å². The first-order valence-electron chi connectivity index (χ1n) is 7.05. The summed E-state index contributed by atoms with van der Waals surface area (Å²) < 4.78 is 2.50. The fourth-order valence-corrected chi connectivity index (χ4v) is 2.81. The molecule has 0 saturated heterocycles. The molecule has 1 nitrogen and oxygen atoms in total. The zero-order valence-corrected chi connectivity index (χ0v) is 10.9. The quantitative estimate of drug-likeness (QED) is 0.631. The summed E-state index contributed by atoms with van der Waals surface area (Å²) in [5.41, 5.74) is 4.04. The van der Waals surface area contributed by atoms with Crippen LogP contribution < -0.4 is 0 Å². The van der Waals surface area contributed by atoms with E-state index in [1.54, 1.807) is 0 Å². The lowest BCUT2D eigenvalue weighted by Crippen LogP contribution is -2.01. The minimum Gasteiger partial charge on any atom is -0.340 e. The van der Waals surface area contributed by atoms with Gasteiger partial charge in [-0.3, -0.25) is 0 Å². The van der Waals surface area contributed by atoms with Crippen LogP contribution in [0.25, 0.3) is 22.2 Å². The van der Waals surface area contributed by atoms with E-state index in [1.807, 2.05) is 0 Å². The lowest BCUT2D eigenvalue weighted by atomic mass is 10.1. The SMILES string of the molecule is c1ccc(-c2cc3ccccc3n2CC2CC2)cc1. The second-order valence-electron chi connectivity index (χ2n) is 5.51. The molecule has 1 heteroatoms. The van der Waals surface area contributed by atoms with E-state index in [4.69, 9.17) is 0 Å². The molecule has 1 heterocycles. The number of hydrogen-bond acceptors (Lipinski definition) is 0. The van der Waals surface area contributed by atoms with Gasteiger partial charge < -0.3 is 4.57 Å². The van der Waals surface area contributed by atoms with Crippen LogP contribution >= 0.6 is 0 Å². The van der Waals surface area contributed by atoms with E-state index in [0.29, 0.717) is 0 Å². The molecule has 1 saturated carbocycles. The number of nitrogens with zero attached hydrogens (tertiary/aromatic N) is 1. The Labute approximate surface area is 113 Å². The Morgan fingerprint density at radius 1 is 0.895 bits per heavy atom. The summed E-state index contributed by atoms with van der Waals surface area (Å²) in [7, 11) is 0. The normalized spacial score (nSPS) is 14.9. The first-order chi connectivity index (χ1) is 9.42. The maximum Gasteiger partial charge on any atom is 0.0491 e. The lowest BCUT2D eigenvalue weighted by Gasteiger charge is -2.10. The smallest absolute Gasteiger partial charge is 0.0491 e. The number of benzene rings is 2. The minimum atomic E-state index is 0.887. The molecule has 0 spiro atoms. The van der Waals surface area contributed by atoms with Crippen LogP contribution in [0, 0.1) is 5.92 Å². The second kappa shape index (κ2) is 4.27. The first-order valence-corrected chi connectivity index (χ1v) is 7.05. The Kier molecular flexibility index (Phi) is 2.44. The zero-order chi connectivity index (χ0) is 12.7. The Bertz CT molecular complexity index is 705. The van der Waals surface area contributed by atoms with Crippen molar-refractivity contribution < 1.29 is 0 Å². The van der Waals surface area contributed by atoms with Crippen molar-refractivity contribution in [2.75, 3.05) is 0 Å². The van der Waals surface area contributed by atoms with E-state index in [9.17, 15) is 0 Å². The summed E-state index contributed by atoms with van der Waals surface area (Å²) in [6.07, 6.45) is 2.78. The van der Waals surface area contributed by atoms with Crippen LogP contribution in [-0.2, 0) is 6.54 Å². The zero-order valence-electron chi connectivity index (χ0n) is 10.9. The van der Waals surface area contributed by atoms with Gasteiger partial charge in [0.1, 0.15) is 0 Å². The molecule has 0 amide bonds. The summed E-state index contributed by atoms with van der Waals surface area (Å²) in [5, 5.41) is 1.35. The summed E-state index contributed by atoms with van der Waals surface area (Å²) in [4.78, 5) is 0. The van der Waals surface area contributed by atoms with Crippen molar-refractivity contribution in [3.05, 3.63) is 60.7 Å². The second-order valence-corrected chi connectivity index (χ2v) is 5.51. The van der Waals surface area contributed by atoms with Gasteiger partial charge in [0.25, 0.3) is 0 Å². The Morgan fingerprint density at radius 3 is 2.42 bits per heavy atom. The number of fused-ring (bicyclic) bond motifs is 1. The van der Waals surface area contributed by atoms with Crippen LogP contribution in [-0.4, -0.2) is 4.57 Å². The summed E-state index contributed by atoms with van der Waals surface area (Å²) >= 11 is 0. The highest BCUT2D eigenvalue weighted by Crippen LogP contribution is 2.35. The number of hydrogen-bond donors (Lipinski definition) is 0. The van der Waals surface area contributed by atoms with E-state index in [2.05, 4.69) is 65.2 Å². The average Bonchev–Trinajstić information content (AvgIpc) is 3.21. The molecule has 4 rings (SSSR count). The number of para-hydroxylation sites is 1. The van der Waals surface area contributed by atoms with Crippen molar-refractivity contribution in [2.24, 2.45) is 5.92 Å². The van der Waals surface area contributed by atoms with Gasteiger partial charge in [0.15, 0.2) is 0 Å². The van der Waals surface area contributed by atoms with Gasteiger partial charge in [-0.25, -0.2) is 0 Å². The van der Waals surface area contributed by atoms with Crippen LogP contribution in [0.2, 0.25) is 0 Å². The van der Waals surface area contributed by atoms with Gasteiger partial charge in [-0.2, -0.15) is 0 Å². The molecule has 0 unspecified atom stereocenters. The molecule has 3 aromatic rings. The monoisotopic (exact) mass is 247 g/mol. The topological polar surface area (TPSA) is 4.93 Å². The summed E-state index contributed by atoms with van der Waals surface area (Å²) in [6.45, 7) is 1.16. The molecule has 0 radical (unpaired) electrons. The van der Waals surface area contributed by atoms with Crippen molar-refractivity contribution >= 4 is 10.9 Å². The van der Waals surface area contributed by atoms with Crippen LogP contribution in [0.15, 0.2) is 60.7 Å². The predicted octanol–water partition coefficient (Wildman–Crippen LogP) is 4.72. The molecule has 19 heavy (non-hydrogen) atoms. The summed E-state index contributed by atoms with van der Waals surface area (Å²) in [5.74, 6) is 0.887. The van der Waals surface area contributed by atoms with Crippen LogP contribution in [0.1, 0.15) is 12.8 Å². The minimum absolute atomic E-state index is 0.887. The average molecular weight is 247 g/mol. The number of aromatic nitrogens is 1. The largest absolute Gasteiger partial charge is 0.340 e. The highest BCUT2D eigenvalue weighted by Gasteiger charge is 2.23. The third-order valence-electron chi connectivity index (χ3n) is 4.02. The van der Waals surface area contributed by atoms with E-state index < -0.39 is 0 Å². The molecule has 94 valence electrons. The van der Waals surface area contributed by atoms with Gasteiger partial charge >= 0.3 is 0 Å². The van der Waals surface area contributed by atoms with E-state index in [0.717, 1.165) is 12.5 Å². The van der Waals surface area contributed by atoms with E-state index in [1.165, 1.54) is 35.0 Å². The first kappa shape index (κ1) is 10.9. The molecule has 0 aliphatic heterocycles. The van der Waals surface area contributed by atoms with Crippen LogP contribution in [0.4, 0.5) is 0 Å². The molecule has 1 aliphatic rings. The maximum atomic E-state index is 2.50. The van der Waals surface area contributed by atoms with Gasteiger partial charge in [-0.1, -0.05) is 48.5 Å². The lowest BCUT2D eigenvalue weighted by molar-refractivity contribution is 0.652. The molecule has 1 aromatic heterocycles. The van der Waals surface area contributed by atoms with Crippen molar-refractivity contribution in [2.45, 2.75) is 19.4 Å². The van der Waals surface area contributed by atoms with E-state index >= 15 is 0 Å². The molecule has 1 aliphatic carbocycles. The molecule has 0 N–H and O–H groups in total. The van der Waals surface area contributed by atoms with Gasteiger partial charge in [-0.05, 0) is 36.5 Å². The van der Waals surface area contributed by atoms with Crippen molar-refractivity contribution in [3.8, 4) is 11.3 Å². The molecular weight excluding hydrogens is 230 g/mol. The third kappa shape index (κ3) is 1.95. The number of rotatable bonds is 3. The van der Waals surface area contributed by atoms with E-state index in [-0.39, 0.29) is 0 Å². The predicted molar refractivity (Wildman–Crippen MR) is 80.1 cm³/mol. The van der Waals surface area contributed by atoms with Crippen molar-refractivity contribution in [1.29, 1.82) is 0 Å². The van der Waals surface area contributed by atoms with Crippen LogP contribution in [0.3, 0.4) is 0 Å². The third-order valence-corrected chi connectivity index (χ3v) is 4.02. The van der Waals surface area contributed by atoms with Gasteiger partial charge in [0.05, 0.1) is 0 Å². The molecule has 0 bridgehead atoms. The van der Waals surface area contributed by atoms with Gasteiger partial charge in [0, 0.05) is 23.1 Å². The fourth-order valence-electron chi connectivity index (χ4n) is 2.81. The van der Waals surface area contributed by atoms with Crippen molar-refractivity contribution in [1.82, 2.24) is 4.57 Å². The molecular formula is C18H17N. The Balaban J connectivity index is 1.92. The fraction of sp³-hybridized carbons (Fsp3) is 0.222. The molecule has 2 aromatic carbocycles. The highest BCUT2D eigenvalue weighted by molar-refractivity contribution is 5.87. The molecule has 1 fully saturated rings. The highest BCUT2D eigenvalue weighted by atomic mass is 15.0. The Morgan fingerprint density at radius 2 is 1.63 bits per heavy atom. The van der Waals surface area contributed by atoms with Crippen molar-refractivity contribution in [3.63, 3.8) is 0 Å². The maximum absolute atomic E-state index is 2.50. The molecule has 0 atom stereocenters. The van der Waals surface area contributed by atoms with Gasteiger partial charge in [0.2, 0.25) is 0 Å². The Hall–Kier alpha value is -2.02. The summed E-state index contributed by atoms with van der Waals surface area (Å²) in [6, 6.07) is 21.8. The standard InChI is InChI=1S/C18H17N/c1-2-6-15(7-3-1)18-12-16-8-4-5-9-17(16)19(18)13-14-10-11-14/h1-9,12,14H,10-11,13H2. The van der Waals surface area contributed by atoms with Gasteiger partial charge in [-0.15, -0.1) is 0 Å².